The van der Waals surface area contributed by atoms with E-state index < -0.39 is 6.16 Å². The van der Waals surface area contributed by atoms with E-state index in [-0.39, 0.29) is 36.5 Å². The number of carbonyl (C=O) groups excluding carboxylic acids is 3. The number of hydrogen-bond donors (Lipinski definition) is 2. The fraction of sp³-hybridized carbons (Fsp3) is 0.115. The normalized spacial score (nSPS) is 10.5. The molecule has 174 valence electrons. The lowest BCUT2D eigenvalue weighted by Crippen LogP contribution is -2.22. The van der Waals surface area contributed by atoms with Crippen LogP contribution in [-0.4, -0.2) is 24.6 Å². The molecule has 0 fully saturated rings. The molecule has 7 nitrogen and oxygen atoms in total. The van der Waals surface area contributed by atoms with Crippen LogP contribution in [0.4, 0.5) is 14.9 Å². The van der Waals surface area contributed by atoms with Crippen molar-refractivity contribution in [2.45, 2.75) is 13.5 Å². The van der Waals surface area contributed by atoms with E-state index in [4.69, 9.17) is 9.47 Å². The number of ether oxygens (including phenoxy) is 2. The number of benzene rings is 3. The zero-order valence-corrected chi connectivity index (χ0v) is 18.4. The Kier molecular flexibility index (Phi) is 8.51. The Hall–Kier alpha value is -4.46. The van der Waals surface area contributed by atoms with Crippen LogP contribution in [0.1, 0.15) is 28.4 Å². The molecule has 8 heteroatoms. The lowest BCUT2D eigenvalue weighted by molar-refractivity contribution is -0.111. The van der Waals surface area contributed by atoms with Crippen LogP contribution < -0.4 is 15.4 Å². The summed E-state index contributed by atoms with van der Waals surface area (Å²) in [6.07, 6.45) is 2.05. The van der Waals surface area contributed by atoms with Crippen molar-refractivity contribution in [2.24, 2.45) is 0 Å². The predicted molar refractivity (Wildman–Crippen MR) is 126 cm³/mol. The van der Waals surface area contributed by atoms with Gasteiger partial charge in [-0.2, -0.15) is 0 Å². The van der Waals surface area contributed by atoms with E-state index in [1.165, 1.54) is 36.4 Å². The molecule has 2 N–H and O–H groups in total. The van der Waals surface area contributed by atoms with E-state index >= 15 is 0 Å². The van der Waals surface area contributed by atoms with Crippen LogP contribution in [0, 0.1) is 5.82 Å². The highest BCUT2D eigenvalue weighted by Gasteiger charge is 2.08. The van der Waals surface area contributed by atoms with Crippen LogP contribution in [0.15, 0.2) is 78.9 Å². The fourth-order valence-electron chi connectivity index (χ4n) is 2.87. The summed E-state index contributed by atoms with van der Waals surface area (Å²) in [5, 5.41) is 5.52. The standard InChI is InChI=1S/C26H23FN2O5/c1-2-33-26(32)34-23-13-9-20(10-14-23)25(31)28-17-19-6-11-22(12-7-19)29-24(30)15-8-18-4-3-5-21(27)16-18/h3-16H,2,17H2,1H3,(H,28,31)(H,29,30)/b15-8+. The molecule has 0 radical (unpaired) electrons. The zero-order chi connectivity index (χ0) is 24.3. The Morgan fingerprint density at radius 1 is 0.971 bits per heavy atom. The molecule has 0 aliphatic rings. The molecule has 0 unspecified atom stereocenters. The molecule has 3 aromatic rings. The first kappa shape index (κ1) is 24.2. The van der Waals surface area contributed by atoms with Crippen LogP contribution >= 0.6 is 0 Å². The Morgan fingerprint density at radius 3 is 2.38 bits per heavy atom. The van der Waals surface area contributed by atoms with Gasteiger partial charge < -0.3 is 20.1 Å². The number of halogens is 1. The minimum Gasteiger partial charge on any atom is -0.434 e. The summed E-state index contributed by atoms with van der Waals surface area (Å²) in [5.41, 5.74) is 2.41. The highest BCUT2D eigenvalue weighted by Crippen LogP contribution is 2.14. The van der Waals surface area contributed by atoms with Crippen molar-refractivity contribution < 1.29 is 28.2 Å². The topological polar surface area (TPSA) is 93.7 Å². The van der Waals surface area contributed by atoms with E-state index in [1.807, 2.05) is 0 Å². The number of amides is 2. The van der Waals surface area contributed by atoms with Gasteiger partial charge in [0.15, 0.2) is 0 Å². The first-order valence-electron chi connectivity index (χ1n) is 10.5. The predicted octanol–water partition coefficient (Wildman–Crippen LogP) is 4.94. The lowest BCUT2D eigenvalue weighted by Gasteiger charge is -2.08. The third-order valence-corrected chi connectivity index (χ3v) is 4.53. The van der Waals surface area contributed by atoms with Gasteiger partial charge in [-0.3, -0.25) is 9.59 Å². The fourth-order valence-corrected chi connectivity index (χ4v) is 2.87. The van der Waals surface area contributed by atoms with Crippen LogP contribution in [0.25, 0.3) is 6.08 Å². The highest BCUT2D eigenvalue weighted by atomic mass is 19.1. The van der Waals surface area contributed by atoms with Gasteiger partial charge in [-0.1, -0.05) is 24.3 Å². The molecular weight excluding hydrogens is 439 g/mol. The second-order valence-corrected chi connectivity index (χ2v) is 7.07. The zero-order valence-electron chi connectivity index (χ0n) is 18.4. The summed E-state index contributed by atoms with van der Waals surface area (Å²) in [4.78, 5) is 35.7. The number of nitrogens with one attached hydrogen (secondary N) is 2. The third kappa shape index (κ3) is 7.59. The summed E-state index contributed by atoms with van der Waals surface area (Å²) >= 11 is 0. The molecule has 0 aliphatic carbocycles. The van der Waals surface area contributed by atoms with E-state index in [0.29, 0.717) is 16.8 Å². The van der Waals surface area contributed by atoms with Gasteiger partial charge in [-0.25, -0.2) is 9.18 Å². The SMILES string of the molecule is CCOC(=O)Oc1ccc(C(=O)NCc2ccc(NC(=O)/C=C/c3cccc(F)c3)cc2)cc1. The molecule has 3 rings (SSSR count). The molecule has 0 spiro atoms. The van der Waals surface area contributed by atoms with Crippen molar-refractivity contribution in [1.29, 1.82) is 0 Å². The first-order valence-corrected chi connectivity index (χ1v) is 10.5. The average molecular weight is 462 g/mol. The van der Waals surface area contributed by atoms with Gasteiger partial charge in [0, 0.05) is 23.9 Å². The van der Waals surface area contributed by atoms with Crippen molar-refractivity contribution in [3.63, 3.8) is 0 Å². The maximum absolute atomic E-state index is 13.2. The van der Waals surface area contributed by atoms with Crippen molar-refractivity contribution in [3.05, 3.63) is 101 Å². The summed E-state index contributed by atoms with van der Waals surface area (Å²) in [5.74, 6) is -0.730. The molecule has 2 amide bonds. The van der Waals surface area contributed by atoms with Crippen molar-refractivity contribution >= 4 is 29.7 Å². The van der Waals surface area contributed by atoms with Gasteiger partial charge in [0.2, 0.25) is 5.91 Å². The molecule has 3 aromatic carbocycles. The first-order chi connectivity index (χ1) is 16.4. The van der Waals surface area contributed by atoms with Crippen molar-refractivity contribution in [2.75, 3.05) is 11.9 Å². The van der Waals surface area contributed by atoms with E-state index in [9.17, 15) is 18.8 Å². The largest absolute Gasteiger partial charge is 0.513 e. The van der Waals surface area contributed by atoms with Crippen LogP contribution in [0.3, 0.4) is 0 Å². The monoisotopic (exact) mass is 462 g/mol. The van der Waals surface area contributed by atoms with Gasteiger partial charge in [-0.05, 0) is 72.7 Å². The molecule has 0 bridgehead atoms. The second-order valence-electron chi connectivity index (χ2n) is 7.07. The summed E-state index contributed by atoms with van der Waals surface area (Å²) < 4.78 is 22.8. The molecule has 0 atom stereocenters. The Morgan fingerprint density at radius 2 is 1.71 bits per heavy atom. The minimum atomic E-state index is -0.804. The minimum absolute atomic E-state index is 0.209. The number of carbonyl (C=O) groups is 3. The third-order valence-electron chi connectivity index (χ3n) is 4.53. The smallest absolute Gasteiger partial charge is 0.434 e. The Labute approximate surface area is 196 Å². The van der Waals surface area contributed by atoms with Crippen LogP contribution in [0.5, 0.6) is 5.75 Å². The van der Waals surface area contributed by atoms with Crippen molar-refractivity contribution in [1.82, 2.24) is 5.32 Å². The molecule has 0 saturated heterocycles. The summed E-state index contributed by atoms with van der Waals surface area (Å²) in [7, 11) is 0. The number of hydrogen-bond acceptors (Lipinski definition) is 5. The molecule has 0 saturated carbocycles. The summed E-state index contributed by atoms with van der Waals surface area (Å²) in [6.45, 7) is 2.17. The molecule has 0 aliphatic heterocycles. The quantitative estimate of drug-likeness (QED) is 0.281. The average Bonchev–Trinajstić information content (AvgIpc) is 2.83. The van der Waals surface area contributed by atoms with E-state index in [2.05, 4.69) is 10.6 Å². The van der Waals surface area contributed by atoms with E-state index in [1.54, 1.807) is 55.5 Å². The molecule has 0 heterocycles. The van der Waals surface area contributed by atoms with Gasteiger partial charge in [0.25, 0.3) is 5.91 Å². The number of rotatable bonds is 8. The van der Waals surface area contributed by atoms with Gasteiger partial charge in [0.05, 0.1) is 6.61 Å². The van der Waals surface area contributed by atoms with Crippen molar-refractivity contribution in [3.8, 4) is 5.75 Å². The molecule has 0 aromatic heterocycles. The molecule has 34 heavy (non-hydrogen) atoms. The number of anilines is 1. The maximum atomic E-state index is 13.2. The summed E-state index contributed by atoms with van der Waals surface area (Å²) in [6, 6.07) is 19.0. The Bertz CT molecular complexity index is 1170. The van der Waals surface area contributed by atoms with Crippen LogP contribution in [0.2, 0.25) is 0 Å². The highest BCUT2D eigenvalue weighted by molar-refractivity contribution is 6.01. The van der Waals surface area contributed by atoms with Gasteiger partial charge >= 0.3 is 6.16 Å². The van der Waals surface area contributed by atoms with Gasteiger partial charge in [-0.15, -0.1) is 0 Å². The maximum Gasteiger partial charge on any atom is 0.513 e. The lowest BCUT2D eigenvalue weighted by atomic mass is 10.1. The van der Waals surface area contributed by atoms with Crippen LogP contribution in [-0.2, 0) is 16.1 Å². The van der Waals surface area contributed by atoms with Gasteiger partial charge in [0.1, 0.15) is 11.6 Å². The Balaban J connectivity index is 1.47. The van der Waals surface area contributed by atoms with E-state index in [0.717, 1.165) is 5.56 Å². The molecular formula is C26H23FN2O5. The second kappa shape index (κ2) is 12.0.